The van der Waals surface area contributed by atoms with Gasteiger partial charge in [0, 0.05) is 4.47 Å². The van der Waals surface area contributed by atoms with Gasteiger partial charge in [-0.15, -0.1) is 0 Å². The van der Waals surface area contributed by atoms with Crippen LogP contribution in [0.1, 0.15) is 24.5 Å². The number of hydrogen-bond acceptors (Lipinski definition) is 2. The largest absolute Gasteiger partial charge is 0.330 e. The summed E-state index contributed by atoms with van der Waals surface area (Å²) < 4.78 is 1.16. The molecule has 0 aliphatic rings. The minimum Gasteiger partial charge on any atom is -0.330 e. The lowest BCUT2D eigenvalue weighted by atomic mass is 10.1. The van der Waals surface area contributed by atoms with Crippen molar-refractivity contribution in [1.29, 1.82) is 0 Å². The average Bonchev–Trinajstić information content (AvgIpc) is 2.33. The van der Waals surface area contributed by atoms with E-state index in [1.54, 1.807) is 0 Å². The van der Waals surface area contributed by atoms with E-state index in [0.29, 0.717) is 5.92 Å². The molecule has 0 aliphatic heterocycles. The first kappa shape index (κ1) is 14.7. The topological polar surface area (TPSA) is 38.0 Å². The van der Waals surface area contributed by atoms with E-state index in [-0.39, 0.29) is 0 Å². The second kappa shape index (κ2) is 7.85. The van der Waals surface area contributed by atoms with Crippen LogP contribution in [0, 0.1) is 12.8 Å². The highest BCUT2D eigenvalue weighted by molar-refractivity contribution is 9.10. The summed E-state index contributed by atoms with van der Waals surface area (Å²) in [6.45, 7) is 7.18. The molecule has 3 N–H and O–H groups in total. The number of rotatable bonds is 7. The Morgan fingerprint density at radius 3 is 2.82 bits per heavy atom. The van der Waals surface area contributed by atoms with Gasteiger partial charge in [-0.3, -0.25) is 0 Å². The molecule has 0 heterocycles. The number of halogens is 1. The van der Waals surface area contributed by atoms with Gasteiger partial charge in [-0.25, -0.2) is 0 Å². The van der Waals surface area contributed by atoms with Gasteiger partial charge in [0.15, 0.2) is 0 Å². The van der Waals surface area contributed by atoms with Crippen molar-refractivity contribution in [3.05, 3.63) is 33.8 Å². The molecule has 1 aromatic carbocycles. The number of hydrogen-bond donors (Lipinski definition) is 2. The highest BCUT2D eigenvalue weighted by atomic mass is 79.9. The van der Waals surface area contributed by atoms with Crippen molar-refractivity contribution in [3.63, 3.8) is 0 Å². The van der Waals surface area contributed by atoms with Crippen LogP contribution in [-0.4, -0.2) is 19.6 Å². The highest BCUT2D eigenvalue weighted by Crippen LogP contribution is 2.16. The van der Waals surface area contributed by atoms with Gasteiger partial charge in [0.1, 0.15) is 0 Å². The van der Waals surface area contributed by atoms with Crippen molar-refractivity contribution in [2.45, 2.75) is 26.7 Å². The molecule has 3 heteroatoms. The first-order valence-electron chi connectivity index (χ1n) is 6.33. The quantitative estimate of drug-likeness (QED) is 0.760. The normalized spacial score (nSPS) is 12.7. The number of nitrogens with one attached hydrogen (secondary N) is 1. The first-order valence-corrected chi connectivity index (χ1v) is 7.12. The third-order valence-corrected chi connectivity index (χ3v) is 3.72. The van der Waals surface area contributed by atoms with Crippen LogP contribution in [-0.2, 0) is 6.42 Å². The summed E-state index contributed by atoms with van der Waals surface area (Å²) in [4.78, 5) is 0. The molecule has 96 valence electrons. The van der Waals surface area contributed by atoms with Gasteiger partial charge in [-0.05, 0) is 62.2 Å². The Hall–Kier alpha value is -0.380. The molecule has 1 rings (SSSR count). The molecule has 0 bridgehead atoms. The van der Waals surface area contributed by atoms with Crippen LogP contribution in [0.3, 0.4) is 0 Å². The van der Waals surface area contributed by atoms with E-state index in [9.17, 15) is 0 Å². The summed E-state index contributed by atoms with van der Waals surface area (Å²) in [5, 5.41) is 3.49. The van der Waals surface area contributed by atoms with Crippen LogP contribution in [0.5, 0.6) is 0 Å². The molecule has 2 nitrogen and oxygen atoms in total. The summed E-state index contributed by atoms with van der Waals surface area (Å²) >= 11 is 3.51. The second-order valence-corrected chi connectivity index (χ2v) is 5.45. The molecule has 0 fully saturated rings. The number of nitrogens with two attached hydrogens (primary N) is 1. The van der Waals surface area contributed by atoms with Crippen molar-refractivity contribution >= 4 is 15.9 Å². The average molecular weight is 299 g/mol. The van der Waals surface area contributed by atoms with Gasteiger partial charge in [0.05, 0.1) is 0 Å². The van der Waals surface area contributed by atoms with E-state index in [0.717, 1.165) is 36.9 Å². The molecule has 1 unspecified atom stereocenters. The third-order valence-electron chi connectivity index (χ3n) is 3.23. The van der Waals surface area contributed by atoms with Crippen LogP contribution in [0.15, 0.2) is 22.7 Å². The Kier molecular flexibility index (Phi) is 6.78. The molecule has 0 aliphatic carbocycles. The molecule has 0 saturated heterocycles. The monoisotopic (exact) mass is 298 g/mol. The summed E-state index contributed by atoms with van der Waals surface area (Å²) in [5.74, 6) is 0.610. The predicted molar refractivity (Wildman–Crippen MR) is 78.3 cm³/mol. The van der Waals surface area contributed by atoms with E-state index in [2.05, 4.69) is 53.3 Å². The lowest BCUT2D eigenvalue weighted by Gasteiger charge is -2.13. The zero-order valence-corrected chi connectivity index (χ0v) is 12.4. The highest BCUT2D eigenvalue weighted by Gasteiger charge is 2.03. The summed E-state index contributed by atoms with van der Waals surface area (Å²) in [6, 6.07) is 6.46. The molecule has 0 spiro atoms. The Labute approximate surface area is 113 Å². The fourth-order valence-electron chi connectivity index (χ4n) is 1.83. The van der Waals surface area contributed by atoms with E-state index < -0.39 is 0 Å². The zero-order valence-electron chi connectivity index (χ0n) is 10.8. The molecule has 1 aromatic rings. The maximum atomic E-state index is 5.67. The molecule has 0 amide bonds. The van der Waals surface area contributed by atoms with Crippen LogP contribution in [0.4, 0.5) is 0 Å². The second-order valence-electron chi connectivity index (χ2n) is 4.53. The van der Waals surface area contributed by atoms with Gasteiger partial charge in [-0.1, -0.05) is 35.3 Å². The third kappa shape index (κ3) is 5.19. The van der Waals surface area contributed by atoms with Gasteiger partial charge >= 0.3 is 0 Å². The molecule has 1 atom stereocenters. The van der Waals surface area contributed by atoms with Crippen LogP contribution < -0.4 is 11.1 Å². The van der Waals surface area contributed by atoms with Crippen LogP contribution in [0.2, 0.25) is 0 Å². The SMILES string of the molecule is CCC(CN)CNCCc1cc(Br)ccc1C. The lowest BCUT2D eigenvalue weighted by molar-refractivity contribution is 0.473. The van der Waals surface area contributed by atoms with Crippen LogP contribution >= 0.6 is 15.9 Å². The summed E-state index contributed by atoms with van der Waals surface area (Å²) in [6.07, 6.45) is 2.23. The van der Waals surface area contributed by atoms with Gasteiger partial charge in [0.25, 0.3) is 0 Å². The van der Waals surface area contributed by atoms with Crippen LogP contribution in [0.25, 0.3) is 0 Å². The lowest BCUT2D eigenvalue weighted by Crippen LogP contribution is -2.29. The van der Waals surface area contributed by atoms with Gasteiger partial charge < -0.3 is 11.1 Å². The minimum atomic E-state index is 0.610. The van der Waals surface area contributed by atoms with Crippen molar-refractivity contribution in [2.75, 3.05) is 19.6 Å². The fraction of sp³-hybridized carbons (Fsp3) is 0.571. The van der Waals surface area contributed by atoms with Crippen molar-refractivity contribution in [3.8, 4) is 0 Å². The number of benzene rings is 1. The maximum Gasteiger partial charge on any atom is 0.0178 e. The van der Waals surface area contributed by atoms with E-state index >= 15 is 0 Å². The molecule has 17 heavy (non-hydrogen) atoms. The predicted octanol–water partition coefficient (Wildman–Crippen LogP) is 2.87. The molecule has 0 radical (unpaired) electrons. The Morgan fingerprint density at radius 1 is 1.41 bits per heavy atom. The van der Waals surface area contributed by atoms with E-state index in [4.69, 9.17) is 5.73 Å². The number of aryl methyl sites for hydroxylation is 1. The van der Waals surface area contributed by atoms with Gasteiger partial charge in [-0.2, -0.15) is 0 Å². The zero-order chi connectivity index (χ0) is 12.7. The standard InChI is InChI=1S/C14H23BrN2/c1-3-12(9-16)10-17-7-6-13-8-14(15)5-4-11(13)2/h4-5,8,12,17H,3,6-7,9-10,16H2,1-2H3. The van der Waals surface area contributed by atoms with E-state index in [1.165, 1.54) is 11.1 Å². The Bertz CT molecular complexity index is 335. The molecular formula is C14H23BrN2. The van der Waals surface area contributed by atoms with Crippen molar-refractivity contribution in [1.82, 2.24) is 5.32 Å². The van der Waals surface area contributed by atoms with Gasteiger partial charge in [0.2, 0.25) is 0 Å². The Morgan fingerprint density at radius 2 is 2.18 bits per heavy atom. The smallest absolute Gasteiger partial charge is 0.0178 e. The molecule has 0 saturated carbocycles. The molecule has 0 aromatic heterocycles. The summed E-state index contributed by atoms with van der Waals surface area (Å²) in [7, 11) is 0. The van der Waals surface area contributed by atoms with Crippen molar-refractivity contribution < 1.29 is 0 Å². The fourth-order valence-corrected chi connectivity index (χ4v) is 2.24. The van der Waals surface area contributed by atoms with E-state index in [1.807, 2.05) is 0 Å². The first-order chi connectivity index (χ1) is 8.17. The maximum absolute atomic E-state index is 5.67. The summed E-state index contributed by atoms with van der Waals surface area (Å²) in [5.41, 5.74) is 8.45. The molecular weight excluding hydrogens is 276 g/mol. The Balaban J connectivity index is 2.33. The minimum absolute atomic E-state index is 0.610. The van der Waals surface area contributed by atoms with Crippen molar-refractivity contribution in [2.24, 2.45) is 11.7 Å².